The summed E-state index contributed by atoms with van der Waals surface area (Å²) >= 11 is 5.78. The van der Waals surface area contributed by atoms with Crippen molar-refractivity contribution in [2.24, 2.45) is 0 Å². The molecule has 7 heteroatoms. The second kappa shape index (κ2) is 9.06. The second-order valence-electron chi connectivity index (χ2n) is 5.24. The molecular weight excluding hydrogens is 332 g/mol. The number of amides is 1. The van der Waals surface area contributed by atoms with E-state index in [1.165, 1.54) is 6.08 Å². The summed E-state index contributed by atoms with van der Waals surface area (Å²) in [6.45, 7) is 0.657. The number of carbonyl (C=O) groups is 2. The maximum absolute atomic E-state index is 11.9. The molecule has 0 saturated carbocycles. The van der Waals surface area contributed by atoms with Gasteiger partial charge in [-0.25, -0.2) is 4.79 Å². The van der Waals surface area contributed by atoms with Crippen molar-refractivity contribution in [1.29, 1.82) is 5.26 Å². The molecule has 2 rings (SSSR count). The lowest BCUT2D eigenvalue weighted by molar-refractivity contribution is -0.144. The number of carbonyl (C=O) groups excluding carboxylic acids is 2. The van der Waals surface area contributed by atoms with E-state index in [-0.39, 0.29) is 11.7 Å². The molecule has 1 aromatic rings. The summed E-state index contributed by atoms with van der Waals surface area (Å²) in [5.74, 6) is -1.28. The number of nitrogens with zero attached hydrogens (tertiary/aromatic N) is 1. The Balaban J connectivity index is 1.82. The number of nitrogens with one attached hydrogen (secondary N) is 1. The van der Waals surface area contributed by atoms with Crippen molar-refractivity contribution >= 4 is 29.6 Å². The van der Waals surface area contributed by atoms with Crippen molar-refractivity contribution in [1.82, 2.24) is 5.32 Å². The molecule has 1 unspecified atom stereocenters. The average Bonchev–Trinajstić information content (AvgIpc) is 3.11. The van der Waals surface area contributed by atoms with Gasteiger partial charge in [-0.2, -0.15) is 5.26 Å². The Labute approximate surface area is 145 Å². The van der Waals surface area contributed by atoms with Gasteiger partial charge in [0.2, 0.25) is 0 Å². The summed E-state index contributed by atoms with van der Waals surface area (Å²) in [5.41, 5.74) is 0.444. The predicted octanol–water partition coefficient (Wildman–Crippen LogP) is 2.09. The van der Waals surface area contributed by atoms with Gasteiger partial charge in [-0.1, -0.05) is 23.7 Å². The number of benzene rings is 1. The molecule has 0 aliphatic carbocycles. The zero-order valence-electron chi connectivity index (χ0n) is 13.0. The fraction of sp³-hybridized carbons (Fsp3) is 0.353. The minimum atomic E-state index is -0.847. The van der Waals surface area contributed by atoms with E-state index in [2.05, 4.69) is 5.32 Å². The lowest BCUT2D eigenvalue weighted by atomic mass is 10.1. The van der Waals surface area contributed by atoms with Gasteiger partial charge < -0.3 is 14.8 Å². The van der Waals surface area contributed by atoms with E-state index >= 15 is 0 Å². The molecule has 1 aliphatic heterocycles. The van der Waals surface area contributed by atoms with Crippen LogP contribution >= 0.6 is 11.6 Å². The smallest absolute Gasteiger partial charge is 0.349 e. The molecule has 6 nitrogen and oxygen atoms in total. The number of nitriles is 1. The van der Waals surface area contributed by atoms with Gasteiger partial charge in [0.25, 0.3) is 5.91 Å². The number of hydrogen-bond donors (Lipinski definition) is 1. The van der Waals surface area contributed by atoms with Crippen LogP contribution in [-0.4, -0.2) is 37.7 Å². The Morgan fingerprint density at radius 3 is 2.79 bits per heavy atom. The molecule has 1 atom stereocenters. The van der Waals surface area contributed by atoms with Crippen molar-refractivity contribution in [2.75, 3.05) is 19.8 Å². The first-order valence-corrected chi connectivity index (χ1v) is 7.89. The monoisotopic (exact) mass is 348 g/mol. The van der Waals surface area contributed by atoms with E-state index in [1.54, 1.807) is 30.3 Å². The van der Waals surface area contributed by atoms with E-state index in [9.17, 15) is 9.59 Å². The molecule has 1 heterocycles. The van der Waals surface area contributed by atoms with Crippen LogP contribution < -0.4 is 5.32 Å². The number of rotatable bonds is 6. The molecule has 1 aliphatic rings. The van der Waals surface area contributed by atoms with Crippen molar-refractivity contribution in [3.63, 3.8) is 0 Å². The quantitative estimate of drug-likeness (QED) is 0.483. The lowest BCUT2D eigenvalue weighted by Gasteiger charge is -2.10. The van der Waals surface area contributed by atoms with Crippen molar-refractivity contribution < 1.29 is 19.1 Å². The highest BCUT2D eigenvalue weighted by molar-refractivity contribution is 6.30. The number of hydrogen-bond acceptors (Lipinski definition) is 5. The van der Waals surface area contributed by atoms with Crippen LogP contribution in [0, 0.1) is 11.3 Å². The molecule has 0 bridgehead atoms. The molecule has 1 aromatic carbocycles. The Morgan fingerprint density at radius 1 is 1.42 bits per heavy atom. The van der Waals surface area contributed by atoms with Crippen LogP contribution in [0.15, 0.2) is 29.8 Å². The Hall–Kier alpha value is -2.36. The number of halogens is 1. The topological polar surface area (TPSA) is 88.4 Å². The van der Waals surface area contributed by atoms with Gasteiger partial charge in [-0.05, 0) is 36.6 Å². The third-order valence-electron chi connectivity index (χ3n) is 3.41. The van der Waals surface area contributed by atoms with E-state index < -0.39 is 18.5 Å². The van der Waals surface area contributed by atoms with Gasteiger partial charge in [0.15, 0.2) is 6.61 Å². The molecule has 1 N–H and O–H groups in total. The molecule has 1 saturated heterocycles. The lowest BCUT2D eigenvalue weighted by Crippen LogP contribution is -2.34. The van der Waals surface area contributed by atoms with Crippen molar-refractivity contribution in [3.8, 4) is 6.07 Å². The first kappa shape index (κ1) is 18.0. The standard InChI is InChI=1S/C17H17ClN2O4/c18-14-5-3-12(4-6-14)8-13(9-19)17(22)24-11-16(21)20-10-15-2-1-7-23-15/h3-6,8,15H,1-2,7,10-11H2,(H,20,21)/b13-8+. The maximum atomic E-state index is 11.9. The molecular formula is C17H17ClN2O4. The fourth-order valence-electron chi connectivity index (χ4n) is 2.16. The van der Waals surface area contributed by atoms with Crippen molar-refractivity contribution in [2.45, 2.75) is 18.9 Å². The predicted molar refractivity (Wildman–Crippen MR) is 88.0 cm³/mol. The van der Waals surface area contributed by atoms with E-state index in [1.807, 2.05) is 0 Å². The van der Waals surface area contributed by atoms with Gasteiger partial charge in [0.1, 0.15) is 11.6 Å². The normalized spacial score (nSPS) is 17.2. The van der Waals surface area contributed by atoms with Crippen LogP contribution in [0.3, 0.4) is 0 Å². The van der Waals surface area contributed by atoms with E-state index in [4.69, 9.17) is 26.3 Å². The van der Waals surface area contributed by atoms with Gasteiger partial charge in [0, 0.05) is 18.2 Å². The Morgan fingerprint density at radius 2 is 2.17 bits per heavy atom. The van der Waals surface area contributed by atoms with Gasteiger partial charge in [-0.15, -0.1) is 0 Å². The molecule has 0 radical (unpaired) electrons. The van der Waals surface area contributed by atoms with Crippen LogP contribution in [0.1, 0.15) is 18.4 Å². The molecule has 126 valence electrons. The van der Waals surface area contributed by atoms with Crippen LogP contribution in [-0.2, 0) is 19.1 Å². The van der Waals surface area contributed by atoms with Crippen molar-refractivity contribution in [3.05, 3.63) is 40.4 Å². The SMILES string of the molecule is N#C/C(=C\c1ccc(Cl)cc1)C(=O)OCC(=O)NCC1CCCO1. The average molecular weight is 349 g/mol. The van der Waals surface area contributed by atoms with Gasteiger partial charge in [0.05, 0.1) is 6.10 Å². The summed E-state index contributed by atoms with van der Waals surface area (Å²) in [6, 6.07) is 8.39. The maximum Gasteiger partial charge on any atom is 0.349 e. The largest absolute Gasteiger partial charge is 0.451 e. The van der Waals surface area contributed by atoms with Crippen LogP contribution in [0.4, 0.5) is 0 Å². The van der Waals surface area contributed by atoms with Crippen LogP contribution in [0.2, 0.25) is 5.02 Å². The third-order valence-corrected chi connectivity index (χ3v) is 3.66. The third kappa shape index (κ3) is 5.69. The first-order valence-electron chi connectivity index (χ1n) is 7.51. The fourth-order valence-corrected chi connectivity index (χ4v) is 2.28. The second-order valence-corrected chi connectivity index (χ2v) is 5.67. The Kier molecular flexibility index (Phi) is 6.79. The van der Waals surface area contributed by atoms with Crippen LogP contribution in [0.25, 0.3) is 6.08 Å². The highest BCUT2D eigenvalue weighted by Gasteiger charge is 2.17. The number of ether oxygens (including phenoxy) is 2. The Bertz CT molecular complexity index is 658. The summed E-state index contributed by atoms with van der Waals surface area (Å²) < 4.78 is 10.2. The number of esters is 1. The molecule has 0 aromatic heterocycles. The highest BCUT2D eigenvalue weighted by Crippen LogP contribution is 2.13. The first-order chi connectivity index (χ1) is 11.6. The summed E-state index contributed by atoms with van der Waals surface area (Å²) in [5, 5.41) is 12.2. The van der Waals surface area contributed by atoms with E-state index in [0.29, 0.717) is 23.7 Å². The minimum absolute atomic E-state index is 0.0177. The zero-order chi connectivity index (χ0) is 17.4. The zero-order valence-corrected chi connectivity index (χ0v) is 13.7. The van der Waals surface area contributed by atoms with Gasteiger partial charge in [-0.3, -0.25) is 4.79 Å². The summed E-state index contributed by atoms with van der Waals surface area (Å²) in [4.78, 5) is 23.5. The minimum Gasteiger partial charge on any atom is -0.451 e. The summed E-state index contributed by atoms with van der Waals surface area (Å²) in [6.07, 6.45) is 3.28. The highest BCUT2D eigenvalue weighted by atomic mass is 35.5. The van der Waals surface area contributed by atoms with Gasteiger partial charge >= 0.3 is 5.97 Å². The van der Waals surface area contributed by atoms with E-state index in [0.717, 1.165) is 12.8 Å². The molecule has 1 fully saturated rings. The molecule has 0 spiro atoms. The summed E-state index contributed by atoms with van der Waals surface area (Å²) in [7, 11) is 0. The molecule has 24 heavy (non-hydrogen) atoms. The van der Waals surface area contributed by atoms with Crippen LogP contribution in [0.5, 0.6) is 0 Å². The molecule has 1 amide bonds.